The maximum Gasteiger partial charge on any atom is 0.231 e. The molecule has 3 rings (SSSR count). The molecule has 0 saturated heterocycles. The van der Waals surface area contributed by atoms with Gasteiger partial charge in [0.25, 0.3) is 0 Å². The third kappa shape index (κ3) is 2.34. The molecule has 0 unspecified atom stereocenters. The zero-order chi connectivity index (χ0) is 13.9. The number of benzene rings is 2. The molecule has 2 aromatic rings. The molecule has 0 fully saturated rings. The second-order valence-electron chi connectivity index (χ2n) is 4.29. The van der Waals surface area contributed by atoms with E-state index in [2.05, 4.69) is 6.07 Å². The molecule has 2 aromatic carbocycles. The number of hydrogen-bond acceptors (Lipinski definition) is 3. The Morgan fingerprint density at radius 2 is 1.85 bits per heavy atom. The van der Waals surface area contributed by atoms with E-state index >= 15 is 0 Å². The summed E-state index contributed by atoms with van der Waals surface area (Å²) in [5.41, 5.74) is 1.98. The van der Waals surface area contributed by atoms with Crippen LogP contribution in [-0.2, 0) is 0 Å². The SMILES string of the molecule is N#C/C(=C/c1ccc(F)cc1)c1ccc2c(c1)OCO2. The van der Waals surface area contributed by atoms with E-state index in [0.717, 1.165) is 11.1 Å². The van der Waals surface area contributed by atoms with Gasteiger partial charge in [-0.05, 0) is 47.5 Å². The lowest BCUT2D eigenvalue weighted by Gasteiger charge is -2.02. The second kappa shape index (κ2) is 5.06. The average molecular weight is 267 g/mol. The molecule has 1 aliphatic heterocycles. The van der Waals surface area contributed by atoms with Crippen molar-refractivity contribution in [3.05, 3.63) is 59.4 Å². The number of ether oxygens (including phenoxy) is 2. The van der Waals surface area contributed by atoms with Crippen LogP contribution in [0.3, 0.4) is 0 Å². The van der Waals surface area contributed by atoms with Crippen molar-refractivity contribution in [3.63, 3.8) is 0 Å². The van der Waals surface area contributed by atoms with Crippen LogP contribution in [-0.4, -0.2) is 6.79 Å². The zero-order valence-electron chi connectivity index (χ0n) is 10.5. The van der Waals surface area contributed by atoms with Crippen LogP contribution in [0.1, 0.15) is 11.1 Å². The first-order valence-electron chi connectivity index (χ1n) is 6.03. The van der Waals surface area contributed by atoms with Crippen LogP contribution in [0.15, 0.2) is 42.5 Å². The summed E-state index contributed by atoms with van der Waals surface area (Å²) < 4.78 is 23.4. The lowest BCUT2D eigenvalue weighted by Crippen LogP contribution is -1.92. The summed E-state index contributed by atoms with van der Waals surface area (Å²) in [6.45, 7) is 0.197. The van der Waals surface area contributed by atoms with Crippen LogP contribution >= 0.6 is 0 Å². The minimum atomic E-state index is -0.302. The van der Waals surface area contributed by atoms with Gasteiger partial charge in [-0.15, -0.1) is 0 Å². The molecule has 0 aromatic heterocycles. The quantitative estimate of drug-likeness (QED) is 0.616. The molecule has 20 heavy (non-hydrogen) atoms. The van der Waals surface area contributed by atoms with E-state index in [1.807, 2.05) is 0 Å². The Morgan fingerprint density at radius 3 is 2.60 bits per heavy atom. The summed E-state index contributed by atoms with van der Waals surface area (Å²) in [7, 11) is 0. The molecule has 0 aliphatic carbocycles. The van der Waals surface area contributed by atoms with E-state index in [0.29, 0.717) is 17.1 Å². The van der Waals surface area contributed by atoms with Gasteiger partial charge in [0.2, 0.25) is 6.79 Å². The average Bonchev–Trinajstić information content (AvgIpc) is 2.94. The number of allylic oxidation sites excluding steroid dienone is 1. The summed E-state index contributed by atoms with van der Waals surface area (Å²) in [6.07, 6.45) is 1.71. The van der Waals surface area contributed by atoms with Crippen molar-refractivity contribution in [2.24, 2.45) is 0 Å². The van der Waals surface area contributed by atoms with E-state index in [-0.39, 0.29) is 12.6 Å². The first-order chi connectivity index (χ1) is 9.76. The molecule has 0 atom stereocenters. The van der Waals surface area contributed by atoms with E-state index in [4.69, 9.17) is 9.47 Å². The van der Waals surface area contributed by atoms with Gasteiger partial charge in [0.1, 0.15) is 5.82 Å². The summed E-state index contributed by atoms with van der Waals surface area (Å²) in [5, 5.41) is 9.28. The highest BCUT2D eigenvalue weighted by molar-refractivity contribution is 5.90. The summed E-state index contributed by atoms with van der Waals surface area (Å²) >= 11 is 0. The number of nitrogens with zero attached hydrogens (tertiary/aromatic N) is 1. The Labute approximate surface area is 115 Å². The van der Waals surface area contributed by atoms with E-state index in [9.17, 15) is 9.65 Å². The van der Waals surface area contributed by atoms with Crippen molar-refractivity contribution < 1.29 is 13.9 Å². The van der Waals surface area contributed by atoms with Gasteiger partial charge in [0.15, 0.2) is 11.5 Å². The molecule has 4 heteroatoms. The minimum absolute atomic E-state index is 0.197. The van der Waals surface area contributed by atoms with Gasteiger partial charge in [-0.2, -0.15) is 5.26 Å². The topological polar surface area (TPSA) is 42.2 Å². The molecular weight excluding hydrogens is 257 g/mol. The fraction of sp³-hybridized carbons (Fsp3) is 0.0625. The lowest BCUT2D eigenvalue weighted by atomic mass is 10.0. The van der Waals surface area contributed by atoms with Crippen LogP contribution in [0.2, 0.25) is 0 Å². The van der Waals surface area contributed by atoms with Crippen molar-refractivity contribution in [3.8, 4) is 17.6 Å². The molecule has 0 N–H and O–H groups in total. The molecular formula is C16H10FNO2. The summed E-state index contributed by atoms with van der Waals surface area (Å²) in [5.74, 6) is 0.999. The number of fused-ring (bicyclic) bond motifs is 1. The van der Waals surface area contributed by atoms with Gasteiger partial charge in [-0.25, -0.2) is 4.39 Å². The summed E-state index contributed by atoms with van der Waals surface area (Å²) in [6, 6.07) is 13.4. The summed E-state index contributed by atoms with van der Waals surface area (Å²) in [4.78, 5) is 0. The Balaban J connectivity index is 1.98. The number of rotatable bonds is 2. The van der Waals surface area contributed by atoms with Gasteiger partial charge in [0.05, 0.1) is 11.6 Å². The van der Waals surface area contributed by atoms with Gasteiger partial charge in [0, 0.05) is 0 Å². The molecule has 0 bridgehead atoms. The van der Waals surface area contributed by atoms with Crippen LogP contribution in [0.5, 0.6) is 11.5 Å². The fourth-order valence-corrected chi connectivity index (χ4v) is 1.97. The van der Waals surface area contributed by atoms with E-state index in [1.165, 1.54) is 12.1 Å². The zero-order valence-corrected chi connectivity index (χ0v) is 10.5. The maximum atomic E-state index is 12.9. The van der Waals surface area contributed by atoms with Gasteiger partial charge in [-0.3, -0.25) is 0 Å². The van der Waals surface area contributed by atoms with Crippen molar-refractivity contribution >= 4 is 11.6 Å². The largest absolute Gasteiger partial charge is 0.454 e. The van der Waals surface area contributed by atoms with E-state index < -0.39 is 0 Å². The molecule has 1 aliphatic rings. The van der Waals surface area contributed by atoms with Crippen molar-refractivity contribution in [1.82, 2.24) is 0 Å². The molecule has 98 valence electrons. The monoisotopic (exact) mass is 267 g/mol. The third-order valence-corrected chi connectivity index (χ3v) is 2.99. The highest BCUT2D eigenvalue weighted by Crippen LogP contribution is 2.34. The molecule has 0 saturated carbocycles. The first-order valence-corrected chi connectivity index (χ1v) is 6.03. The molecule has 0 radical (unpaired) electrons. The van der Waals surface area contributed by atoms with Gasteiger partial charge in [-0.1, -0.05) is 12.1 Å². The molecule has 1 heterocycles. The Bertz CT molecular complexity index is 714. The van der Waals surface area contributed by atoms with Crippen molar-refractivity contribution in [2.45, 2.75) is 0 Å². The van der Waals surface area contributed by atoms with Crippen molar-refractivity contribution in [1.29, 1.82) is 5.26 Å². The Hall–Kier alpha value is -2.80. The number of halogens is 1. The third-order valence-electron chi connectivity index (χ3n) is 2.99. The first kappa shape index (κ1) is 12.2. The number of hydrogen-bond donors (Lipinski definition) is 0. The van der Waals surface area contributed by atoms with Crippen LogP contribution in [0, 0.1) is 17.1 Å². The Morgan fingerprint density at radius 1 is 1.10 bits per heavy atom. The van der Waals surface area contributed by atoms with Crippen molar-refractivity contribution in [2.75, 3.05) is 6.79 Å². The molecule has 0 spiro atoms. The standard InChI is InChI=1S/C16H10FNO2/c17-14-4-1-11(2-5-14)7-13(9-18)12-3-6-15-16(8-12)20-10-19-15/h1-8H,10H2/b13-7-. The minimum Gasteiger partial charge on any atom is -0.454 e. The van der Waals surface area contributed by atoms with Gasteiger partial charge < -0.3 is 9.47 Å². The van der Waals surface area contributed by atoms with Crippen LogP contribution < -0.4 is 9.47 Å². The van der Waals surface area contributed by atoms with Crippen LogP contribution in [0.4, 0.5) is 4.39 Å². The fourth-order valence-electron chi connectivity index (χ4n) is 1.97. The highest BCUT2D eigenvalue weighted by Gasteiger charge is 2.14. The molecule has 0 amide bonds. The maximum absolute atomic E-state index is 12.9. The van der Waals surface area contributed by atoms with Crippen LogP contribution in [0.25, 0.3) is 11.6 Å². The smallest absolute Gasteiger partial charge is 0.231 e. The molecule has 3 nitrogen and oxygen atoms in total. The second-order valence-corrected chi connectivity index (χ2v) is 4.29. The van der Waals surface area contributed by atoms with Gasteiger partial charge >= 0.3 is 0 Å². The predicted molar refractivity (Wildman–Crippen MR) is 72.4 cm³/mol. The number of nitriles is 1. The lowest BCUT2D eigenvalue weighted by molar-refractivity contribution is 0.174. The predicted octanol–water partition coefficient (Wildman–Crippen LogP) is 3.62. The Kier molecular flexibility index (Phi) is 3.10. The normalized spacial score (nSPS) is 13.1. The van der Waals surface area contributed by atoms with E-state index in [1.54, 1.807) is 36.4 Å². The highest BCUT2D eigenvalue weighted by atomic mass is 19.1.